The Bertz CT molecular complexity index is 83.3. The Hall–Kier alpha value is -0.0800. The van der Waals surface area contributed by atoms with Crippen molar-refractivity contribution in [2.75, 3.05) is 6.61 Å². The second kappa shape index (κ2) is 4.69. The van der Waals surface area contributed by atoms with Gasteiger partial charge in [0.05, 0.1) is 0 Å². The normalized spacial score (nSPS) is 17.4. The van der Waals surface area contributed by atoms with E-state index in [1.165, 1.54) is 0 Å². The molecule has 62 valence electrons. The number of aliphatic hydroxyl groups excluding tert-OH is 1. The number of hydrogen-bond donors (Lipinski definition) is 2. The molecule has 0 aliphatic heterocycles. The Morgan fingerprint density at radius 1 is 1.30 bits per heavy atom. The SMILES string of the molecule is CC(C)C[C@H](N)[C@@H](C)CO. The largest absolute Gasteiger partial charge is 0.396 e. The Morgan fingerprint density at radius 3 is 2.10 bits per heavy atom. The van der Waals surface area contributed by atoms with Gasteiger partial charge in [0, 0.05) is 12.6 Å². The van der Waals surface area contributed by atoms with E-state index in [9.17, 15) is 0 Å². The summed E-state index contributed by atoms with van der Waals surface area (Å²) in [5.74, 6) is 0.867. The fourth-order valence-corrected chi connectivity index (χ4v) is 0.912. The molecule has 0 unspecified atom stereocenters. The predicted octanol–water partition coefficient (Wildman–Crippen LogP) is 0.988. The minimum atomic E-state index is 0.157. The Kier molecular flexibility index (Phi) is 4.65. The van der Waals surface area contributed by atoms with Crippen LogP contribution in [-0.2, 0) is 0 Å². The first-order valence-corrected chi connectivity index (χ1v) is 3.94. The molecule has 2 nitrogen and oxygen atoms in total. The van der Waals surface area contributed by atoms with E-state index in [0.29, 0.717) is 5.92 Å². The zero-order valence-corrected chi connectivity index (χ0v) is 7.17. The van der Waals surface area contributed by atoms with Gasteiger partial charge in [-0.1, -0.05) is 20.8 Å². The van der Waals surface area contributed by atoms with Gasteiger partial charge in [0.15, 0.2) is 0 Å². The minimum absolute atomic E-state index is 0.157. The van der Waals surface area contributed by atoms with Crippen LogP contribution in [0.4, 0.5) is 0 Å². The van der Waals surface area contributed by atoms with Crippen LogP contribution in [0.2, 0.25) is 0 Å². The number of hydrogen-bond acceptors (Lipinski definition) is 2. The summed E-state index contributed by atoms with van der Waals surface area (Å²) in [4.78, 5) is 0. The van der Waals surface area contributed by atoms with Crippen molar-refractivity contribution >= 4 is 0 Å². The van der Waals surface area contributed by atoms with Crippen LogP contribution < -0.4 is 5.73 Å². The number of rotatable bonds is 4. The molecule has 0 spiro atoms. The van der Waals surface area contributed by atoms with Crippen LogP contribution in [0.3, 0.4) is 0 Å². The van der Waals surface area contributed by atoms with E-state index in [0.717, 1.165) is 6.42 Å². The molecule has 0 rings (SSSR count). The summed E-state index contributed by atoms with van der Waals surface area (Å²) >= 11 is 0. The molecule has 0 aromatic carbocycles. The molecule has 0 amide bonds. The van der Waals surface area contributed by atoms with E-state index >= 15 is 0 Å². The van der Waals surface area contributed by atoms with Crippen molar-refractivity contribution in [3.05, 3.63) is 0 Å². The van der Waals surface area contributed by atoms with E-state index in [1.54, 1.807) is 0 Å². The van der Waals surface area contributed by atoms with Gasteiger partial charge in [-0.3, -0.25) is 0 Å². The lowest BCUT2D eigenvalue weighted by Gasteiger charge is -2.19. The van der Waals surface area contributed by atoms with Gasteiger partial charge >= 0.3 is 0 Å². The van der Waals surface area contributed by atoms with Gasteiger partial charge in [-0.25, -0.2) is 0 Å². The first-order chi connectivity index (χ1) is 4.57. The molecule has 10 heavy (non-hydrogen) atoms. The molecule has 0 aromatic heterocycles. The van der Waals surface area contributed by atoms with Gasteiger partial charge in [-0.2, -0.15) is 0 Å². The fraction of sp³-hybridized carbons (Fsp3) is 1.00. The first kappa shape index (κ1) is 9.92. The first-order valence-electron chi connectivity index (χ1n) is 3.94. The van der Waals surface area contributed by atoms with Crippen LogP contribution in [0.15, 0.2) is 0 Å². The zero-order valence-electron chi connectivity index (χ0n) is 7.17. The lowest BCUT2D eigenvalue weighted by atomic mass is 9.95. The quantitative estimate of drug-likeness (QED) is 0.619. The molecule has 0 aliphatic rings. The average Bonchev–Trinajstić information content (AvgIpc) is 1.85. The lowest BCUT2D eigenvalue weighted by molar-refractivity contribution is 0.207. The van der Waals surface area contributed by atoms with Crippen LogP contribution in [0.5, 0.6) is 0 Å². The average molecular weight is 145 g/mol. The summed E-state index contributed by atoms with van der Waals surface area (Å²) in [6.07, 6.45) is 1.00. The molecule has 0 bridgehead atoms. The summed E-state index contributed by atoms with van der Waals surface area (Å²) in [5, 5.41) is 8.74. The van der Waals surface area contributed by atoms with Crippen LogP contribution in [0, 0.1) is 11.8 Å². The zero-order chi connectivity index (χ0) is 8.15. The van der Waals surface area contributed by atoms with Crippen molar-refractivity contribution in [1.29, 1.82) is 0 Å². The second-order valence-corrected chi connectivity index (χ2v) is 3.45. The van der Waals surface area contributed by atoms with Crippen molar-refractivity contribution in [2.24, 2.45) is 17.6 Å². The van der Waals surface area contributed by atoms with Crippen molar-refractivity contribution < 1.29 is 5.11 Å². The molecule has 0 fully saturated rings. The molecule has 0 radical (unpaired) electrons. The molecule has 0 saturated carbocycles. The lowest BCUT2D eigenvalue weighted by Crippen LogP contribution is -2.31. The second-order valence-electron chi connectivity index (χ2n) is 3.45. The highest BCUT2D eigenvalue weighted by Gasteiger charge is 2.12. The summed E-state index contributed by atoms with van der Waals surface area (Å²) in [7, 11) is 0. The number of nitrogens with two attached hydrogens (primary N) is 1. The standard InChI is InChI=1S/C8H19NO/c1-6(2)4-8(9)7(3)5-10/h6-8,10H,4-5,9H2,1-3H3/t7-,8-/m0/s1. The Morgan fingerprint density at radius 2 is 1.80 bits per heavy atom. The van der Waals surface area contributed by atoms with Gasteiger partial charge in [0.25, 0.3) is 0 Å². The van der Waals surface area contributed by atoms with Crippen LogP contribution in [0.25, 0.3) is 0 Å². The molecular weight excluding hydrogens is 126 g/mol. The predicted molar refractivity (Wildman–Crippen MR) is 43.7 cm³/mol. The number of aliphatic hydroxyl groups is 1. The molecule has 0 saturated heterocycles. The van der Waals surface area contributed by atoms with Gasteiger partial charge in [0.1, 0.15) is 0 Å². The topological polar surface area (TPSA) is 46.2 Å². The van der Waals surface area contributed by atoms with E-state index in [4.69, 9.17) is 10.8 Å². The van der Waals surface area contributed by atoms with Gasteiger partial charge < -0.3 is 10.8 Å². The highest BCUT2D eigenvalue weighted by atomic mass is 16.3. The van der Waals surface area contributed by atoms with E-state index in [2.05, 4.69) is 13.8 Å². The molecule has 0 heterocycles. The highest BCUT2D eigenvalue weighted by molar-refractivity contribution is 4.69. The van der Waals surface area contributed by atoms with Gasteiger partial charge in [-0.15, -0.1) is 0 Å². The van der Waals surface area contributed by atoms with Gasteiger partial charge in [0.2, 0.25) is 0 Å². The van der Waals surface area contributed by atoms with Crippen molar-refractivity contribution in [2.45, 2.75) is 33.2 Å². The molecule has 2 atom stereocenters. The van der Waals surface area contributed by atoms with Gasteiger partial charge in [-0.05, 0) is 18.3 Å². The van der Waals surface area contributed by atoms with E-state index in [1.807, 2.05) is 6.92 Å². The summed E-state index contributed by atoms with van der Waals surface area (Å²) in [6, 6.07) is 0.157. The van der Waals surface area contributed by atoms with Crippen molar-refractivity contribution in [3.63, 3.8) is 0 Å². The summed E-state index contributed by atoms with van der Waals surface area (Å²) in [5.41, 5.74) is 5.77. The summed E-state index contributed by atoms with van der Waals surface area (Å²) < 4.78 is 0. The third-order valence-electron chi connectivity index (χ3n) is 1.76. The van der Waals surface area contributed by atoms with Crippen LogP contribution in [-0.4, -0.2) is 17.8 Å². The monoisotopic (exact) mass is 145 g/mol. The minimum Gasteiger partial charge on any atom is -0.396 e. The van der Waals surface area contributed by atoms with E-state index in [-0.39, 0.29) is 18.6 Å². The smallest absolute Gasteiger partial charge is 0.0471 e. The van der Waals surface area contributed by atoms with Crippen LogP contribution >= 0.6 is 0 Å². The highest BCUT2D eigenvalue weighted by Crippen LogP contribution is 2.09. The fourth-order valence-electron chi connectivity index (χ4n) is 0.912. The van der Waals surface area contributed by atoms with Crippen molar-refractivity contribution in [1.82, 2.24) is 0 Å². The maximum atomic E-state index is 8.74. The molecule has 3 N–H and O–H groups in total. The molecule has 0 aromatic rings. The van der Waals surface area contributed by atoms with Crippen LogP contribution in [0.1, 0.15) is 27.2 Å². The summed E-state index contributed by atoms with van der Waals surface area (Å²) in [6.45, 7) is 6.47. The molecular formula is C8H19NO. The molecule has 2 heteroatoms. The Balaban J connectivity index is 3.50. The van der Waals surface area contributed by atoms with Crippen molar-refractivity contribution in [3.8, 4) is 0 Å². The van der Waals surface area contributed by atoms with E-state index < -0.39 is 0 Å². The third-order valence-corrected chi connectivity index (χ3v) is 1.76. The maximum Gasteiger partial charge on any atom is 0.0471 e. The molecule has 0 aliphatic carbocycles. The Labute approximate surface area is 63.4 Å². The third kappa shape index (κ3) is 3.85. The maximum absolute atomic E-state index is 8.74.